The van der Waals surface area contributed by atoms with E-state index in [9.17, 15) is 14.5 Å². The highest BCUT2D eigenvalue weighted by molar-refractivity contribution is 5.37. The summed E-state index contributed by atoms with van der Waals surface area (Å²) in [6.07, 6.45) is 3.07. The molecule has 0 fully saturated rings. The van der Waals surface area contributed by atoms with Crippen molar-refractivity contribution in [2.24, 2.45) is 5.73 Å². The zero-order chi connectivity index (χ0) is 12.1. The summed E-state index contributed by atoms with van der Waals surface area (Å²) in [5.74, 6) is -0.843. The third-order valence-electron chi connectivity index (χ3n) is 2.28. The number of hydrogen-bond acceptors (Lipinski definition) is 3. The minimum Gasteiger partial charge on any atom is -0.324 e. The Labute approximate surface area is 92.7 Å². The summed E-state index contributed by atoms with van der Waals surface area (Å²) in [5, 5.41) is 10.5. The minimum atomic E-state index is -0.843. The quantitative estimate of drug-likeness (QED) is 0.475. The zero-order valence-electron chi connectivity index (χ0n) is 8.73. The molecule has 2 N–H and O–H groups in total. The standard InChI is InChI=1S/C11H13FN2O2/c1-2-3-4-10(13)8-5-6-9(12)11(7-8)14(15)16/h2,5-7,10H,1,3-4,13H2/t10-/m1/s1. The molecule has 0 amide bonds. The first-order valence-corrected chi connectivity index (χ1v) is 4.86. The van der Waals surface area contributed by atoms with Gasteiger partial charge in [-0.05, 0) is 24.5 Å². The lowest BCUT2D eigenvalue weighted by Gasteiger charge is -2.10. The van der Waals surface area contributed by atoms with Crippen molar-refractivity contribution in [3.63, 3.8) is 0 Å². The van der Waals surface area contributed by atoms with Crippen molar-refractivity contribution in [1.29, 1.82) is 0 Å². The number of benzene rings is 1. The van der Waals surface area contributed by atoms with Crippen LogP contribution in [-0.2, 0) is 0 Å². The van der Waals surface area contributed by atoms with Gasteiger partial charge in [0.05, 0.1) is 4.92 Å². The summed E-state index contributed by atoms with van der Waals surface area (Å²) >= 11 is 0. The second-order valence-electron chi connectivity index (χ2n) is 3.44. The van der Waals surface area contributed by atoms with E-state index in [1.807, 2.05) is 0 Å². The number of nitro benzene ring substituents is 1. The van der Waals surface area contributed by atoms with E-state index in [1.165, 1.54) is 12.1 Å². The van der Waals surface area contributed by atoms with E-state index in [4.69, 9.17) is 5.73 Å². The molecule has 0 radical (unpaired) electrons. The van der Waals surface area contributed by atoms with Gasteiger partial charge in [-0.15, -0.1) is 6.58 Å². The Hall–Kier alpha value is -1.75. The molecule has 0 saturated carbocycles. The first kappa shape index (κ1) is 12.3. The summed E-state index contributed by atoms with van der Waals surface area (Å²) in [6.45, 7) is 3.56. The van der Waals surface area contributed by atoms with Crippen LogP contribution >= 0.6 is 0 Å². The lowest BCUT2D eigenvalue weighted by atomic mass is 10.0. The zero-order valence-corrected chi connectivity index (χ0v) is 8.73. The van der Waals surface area contributed by atoms with Crippen molar-refractivity contribution in [3.05, 3.63) is 52.3 Å². The Balaban J connectivity index is 2.93. The van der Waals surface area contributed by atoms with Gasteiger partial charge in [0.2, 0.25) is 5.82 Å². The molecule has 1 atom stereocenters. The molecule has 1 aromatic rings. The Morgan fingerprint density at radius 1 is 1.62 bits per heavy atom. The van der Waals surface area contributed by atoms with E-state index in [0.29, 0.717) is 18.4 Å². The van der Waals surface area contributed by atoms with Gasteiger partial charge in [-0.2, -0.15) is 4.39 Å². The van der Waals surface area contributed by atoms with Crippen molar-refractivity contribution in [2.45, 2.75) is 18.9 Å². The van der Waals surface area contributed by atoms with E-state index in [1.54, 1.807) is 6.08 Å². The Morgan fingerprint density at radius 3 is 2.88 bits per heavy atom. The van der Waals surface area contributed by atoms with Crippen LogP contribution in [0.15, 0.2) is 30.9 Å². The van der Waals surface area contributed by atoms with Crippen molar-refractivity contribution < 1.29 is 9.31 Å². The monoisotopic (exact) mass is 224 g/mol. The highest BCUT2D eigenvalue weighted by atomic mass is 19.1. The molecule has 0 bridgehead atoms. The molecule has 0 aromatic heterocycles. The van der Waals surface area contributed by atoms with Gasteiger partial charge in [0.1, 0.15) is 0 Å². The van der Waals surface area contributed by atoms with Gasteiger partial charge >= 0.3 is 5.69 Å². The summed E-state index contributed by atoms with van der Waals surface area (Å²) < 4.78 is 13.0. The molecular weight excluding hydrogens is 211 g/mol. The topological polar surface area (TPSA) is 69.2 Å². The molecule has 5 heteroatoms. The molecule has 0 unspecified atom stereocenters. The number of rotatable bonds is 5. The first-order chi connectivity index (χ1) is 7.56. The fraction of sp³-hybridized carbons (Fsp3) is 0.273. The highest BCUT2D eigenvalue weighted by Gasteiger charge is 2.16. The first-order valence-electron chi connectivity index (χ1n) is 4.86. The van der Waals surface area contributed by atoms with Crippen molar-refractivity contribution in [1.82, 2.24) is 0 Å². The number of allylic oxidation sites excluding steroid dienone is 1. The van der Waals surface area contributed by atoms with Gasteiger partial charge in [0, 0.05) is 12.1 Å². The number of hydrogen-bond donors (Lipinski definition) is 1. The molecule has 4 nitrogen and oxygen atoms in total. The van der Waals surface area contributed by atoms with Crippen LogP contribution < -0.4 is 5.73 Å². The molecular formula is C11H13FN2O2. The van der Waals surface area contributed by atoms with Crippen LogP contribution in [0.1, 0.15) is 24.4 Å². The summed E-state index contributed by atoms with van der Waals surface area (Å²) in [4.78, 5) is 9.77. The average molecular weight is 224 g/mol. The smallest absolute Gasteiger partial charge is 0.305 e. The predicted molar refractivity (Wildman–Crippen MR) is 59.4 cm³/mol. The third-order valence-corrected chi connectivity index (χ3v) is 2.28. The van der Waals surface area contributed by atoms with Crippen molar-refractivity contribution >= 4 is 5.69 Å². The number of nitrogens with two attached hydrogens (primary N) is 1. The maximum Gasteiger partial charge on any atom is 0.305 e. The number of halogens is 1. The Bertz CT molecular complexity index is 407. The van der Waals surface area contributed by atoms with Gasteiger partial charge < -0.3 is 5.73 Å². The second kappa shape index (κ2) is 5.37. The molecule has 86 valence electrons. The normalized spacial score (nSPS) is 12.1. The van der Waals surface area contributed by atoms with Crippen LogP contribution in [-0.4, -0.2) is 4.92 Å². The van der Waals surface area contributed by atoms with Crippen LogP contribution in [0.5, 0.6) is 0 Å². The van der Waals surface area contributed by atoms with Crippen molar-refractivity contribution in [3.8, 4) is 0 Å². The Morgan fingerprint density at radius 2 is 2.31 bits per heavy atom. The molecule has 0 spiro atoms. The average Bonchev–Trinajstić information content (AvgIpc) is 2.26. The highest BCUT2D eigenvalue weighted by Crippen LogP contribution is 2.23. The molecule has 1 aromatic carbocycles. The van der Waals surface area contributed by atoms with Crippen LogP contribution in [0.25, 0.3) is 0 Å². The minimum absolute atomic E-state index is 0.336. The lowest BCUT2D eigenvalue weighted by molar-refractivity contribution is -0.387. The Kier molecular flexibility index (Phi) is 4.13. The second-order valence-corrected chi connectivity index (χ2v) is 3.44. The maximum atomic E-state index is 13.0. The SMILES string of the molecule is C=CCC[C@@H](N)c1ccc(F)c([N+](=O)[O-])c1. The summed E-state index contributed by atoms with van der Waals surface area (Å²) in [6, 6.07) is 3.39. The molecule has 1 rings (SSSR count). The fourth-order valence-corrected chi connectivity index (χ4v) is 1.36. The third kappa shape index (κ3) is 2.87. The summed E-state index contributed by atoms with van der Waals surface area (Å²) in [7, 11) is 0. The van der Waals surface area contributed by atoms with E-state index in [-0.39, 0.29) is 6.04 Å². The van der Waals surface area contributed by atoms with Gasteiger partial charge in [-0.3, -0.25) is 10.1 Å². The van der Waals surface area contributed by atoms with Gasteiger partial charge in [0.15, 0.2) is 0 Å². The molecule has 16 heavy (non-hydrogen) atoms. The van der Waals surface area contributed by atoms with Crippen LogP contribution in [0.2, 0.25) is 0 Å². The van der Waals surface area contributed by atoms with Crippen LogP contribution in [0.3, 0.4) is 0 Å². The molecule has 0 aliphatic rings. The van der Waals surface area contributed by atoms with Crippen LogP contribution in [0.4, 0.5) is 10.1 Å². The molecule has 0 aliphatic carbocycles. The van der Waals surface area contributed by atoms with E-state index < -0.39 is 16.4 Å². The van der Waals surface area contributed by atoms with E-state index >= 15 is 0 Å². The predicted octanol–water partition coefficient (Wildman–Crippen LogP) is 2.70. The van der Waals surface area contributed by atoms with Gasteiger partial charge in [0.25, 0.3) is 0 Å². The largest absolute Gasteiger partial charge is 0.324 e. The maximum absolute atomic E-state index is 13.0. The lowest BCUT2D eigenvalue weighted by Crippen LogP contribution is -2.10. The fourth-order valence-electron chi connectivity index (χ4n) is 1.36. The number of nitro groups is 1. The molecule has 0 aliphatic heterocycles. The van der Waals surface area contributed by atoms with E-state index in [2.05, 4.69) is 6.58 Å². The number of nitrogens with zero attached hydrogens (tertiary/aromatic N) is 1. The van der Waals surface area contributed by atoms with Gasteiger partial charge in [-0.25, -0.2) is 0 Å². The van der Waals surface area contributed by atoms with Crippen molar-refractivity contribution in [2.75, 3.05) is 0 Å². The van der Waals surface area contributed by atoms with Gasteiger partial charge in [-0.1, -0.05) is 12.1 Å². The van der Waals surface area contributed by atoms with Crippen LogP contribution in [0, 0.1) is 15.9 Å². The molecule has 0 heterocycles. The summed E-state index contributed by atoms with van der Waals surface area (Å²) in [5.41, 5.74) is 5.84. The van der Waals surface area contributed by atoms with E-state index in [0.717, 1.165) is 6.07 Å². The molecule has 0 saturated heterocycles.